The normalized spacial score (nSPS) is 23.5. The fraction of sp³-hybridized carbons (Fsp3) is 0.391. The topological polar surface area (TPSA) is 32.7 Å². The molecule has 2 unspecified atom stereocenters. The highest BCUT2D eigenvalue weighted by Crippen LogP contribution is 2.44. The summed E-state index contributed by atoms with van der Waals surface area (Å²) < 4.78 is 5.24. The number of methoxy groups -OCH3 is 1. The van der Waals surface area contributed by atoms with Gasteiger partial charge in [0.1, 0.15) is 5.75 Å². The average Bonchev–Trinajstić information content (AvgIpc) is 2.93. The van der Waals surface area contributed by atoms with Gasteiger partial charge < -0.3 is 14.7 Å². The number of hydrogen-bond acceptors (Lipinski definition) is 3. The third-order valence-electron chi connectivity index (χ3n) is 5.51. The summed E-state index contributed by atoms with van der Waals surface area (Å²) in [5.41, 5.74) is 2.08. The van der Waals surface area contributed by atoms with Crippen molar-refractivity contribution >= 4 is 29.3 Å². The summed E-state index contributed by atoms with van der Waals surface area (Å²) in [5.74, 6) is 0.959. The van der Waals surface area contributed by atoms with Gasteiger partial charge >= 0.3 is 0 Å². The number of aliphatic hydroxyl groups is 1. The van der Waals surface area contributed by atoms with E-state index in [0.717, 1.165) is 41.8 Å². The lowest BCUT2D eigenvalue weighted by molar-refractivity contribution is 0.0257. The molecule has 28 heavy (non-hydrogen) atoms. The lowest BCUT2D eigenvalue weighted by Crippen LogP contribution is -2.42. The Balaban J connectivity index is 1.96. The molecule has 0 amide bonds. The first-order valence-corrected chi connectivity index (χ1v) is 10.2. The number of rotatable bonds is 6. The van der Waals surface area contributed by atoms with Crippen molar-refractivity contribution in [3.8, 4) is 5.75 Å². The minimum atomic E-state index is -0.943. The van der Waals surface area contributed by atoms with Gasteiger partial charge in [0.2, 0.25) is 0 Å². The van der Waals surface area contributed by atoms with Crippen molar-refractivity contribution in [1.82, 2.24) is 4.90 Å². The van der Waals surface area contributed by atoms with Gasteiger partial charge in [-0.2, -0.15) is 0 Å². The molecule has 2 atom stereocenters. The maximum atomic E-state index is 11.9. The Morgan fingerprint density at radius 2 is 1.89 bits per heavy atom. The van der Waals surface area contributed by atoms with E-state index in [1.807, 2.05) is 50.5 Å². The van der Waals surface area contributed by atoms with E-state index in [9.17, 15) is 5.11 Å². The standard InChI is InChI=1S/C23H27Cl2NO2/c1-26(2)15-19-8-7-18(12-16-4-10-21(28-3)11-5-16)23(19,27)14-17-6-9-20(24)13-22(17)25/h4-6,9-13,19,27H,7-8,14-15H2,1-3H3. The fourth-order valence-electron chi connectivity index (χ4n) is 4.04. The molecule has 0 heterocycles. The molecule has 1 aliphatic rings. The van der Waals surface area contributed by atoms with Crippen LogP contribution in [0.25, 0.3) is 6.08 Å². The second kappa shape index (κ2) is 8.87. The van der Waals surface area contributed by atoms with Crippen molar-refractivity contribution < 1.29 is 9.84 Å². The number of nitrogens with zero attached hydrogens (tertiary/aromatic N) is 1. The zero-order valence-electron chi connectivity index (χ0n) is 16.6. The van der Waals surface area contributed by atoms with Gasteiger partial charge in [0.05, 0.1) is 12.7 Å². The predicted octanol–water partition coefficient (Wildman–Crippen LogP) is 5.33. The zero-order chi connectivity index (χ0) is 20.3. The van der Waals surface area contributed by atoms with Crippen LogP contribution in [0.3, 0.4) is 0 Å². The summed E-state index contributed by atoms with van der Waals surface area (Å²) in [4.78, 5) is 2.13. The first-order valence-electron chi connectivity index (χ1n) is 9.48. The van der Waals surface area contributed by atoms with E-state index in [-0.39, 0.29) is 5.92 Å². The highest BCUT2D eigenvalue weighted by atomic mass is 35.5. The minimum Gasteiger partial charge on any atom is -0.497 e. The van der Waals surface area contributed by atoms with Gasteiger partial charge in [0.25, 0.3) is 0 Å². The van der Waals surface area contributed by atoms with E-state index in [1.54, 1.807) is 13.2 Å². The van der Waals surface area contributed by atoms with E-state index in [0.29, 0.717) is 16.5 Å². The van der Waals surface area contributed by atoms with Gasteiger partial charge in [-0.05, 0) is 67.9 Å². The zero-order valence-corrected chi connectivity index (χ0v) is 18.1. The van der Waals surface area contributed by atoms with E-state index < -0.39 is 5.60 Å². The average molecular weight is 420 g/mol. The van der Waals surface area contributed by atoms with Crippen LogP contribution in [-0.4, -0.2) is 43.4 Å². The van der Waals surface area contributed by atoms with Gasteiger partial charge in [-0.1, -0.05) is 47.5 Å². The molecule has 0 bridgehead atoms. The fourth-order valence-corrected chi connectivity index (χ4v) is 4.52. The maximum Gasteiger partial charge on any atom is 0.118 e. The number of hydrogen-bond donors (Lipinski definition) is 1. The molecule has 2 aromatic rings. The van der Waals surface area contributed by atoms with Crippen LogP contribution < -0.4 is 4.74 Å². The summed E-state index contributed by atoms with van der Waals surface area (Å²) in [6, 6.07) is 13.4. The van der Waals surface area contributed by atoms with Crippen LogP contribution in [-0.2, 0) is 6.42 Å². The van der Waals surface area contributed by atoms with Crippen LogP contribution in [0, 0.1) is 5.92 Å². The molecular weight excluding hydrogens is 393 g/mol. The van der Waals surface area contributed by atoms with Crippen molar-refractivity contribution in [3.63, 3.8) is 0 Å². The minimum absolute atomic E-state index is 0.138. The van der Waals surface area contributed by atoms with Gasteiger partial charge in [-0.15, -0.1) is 0 Å². The lowest BCUT2D eigenvalue weighted by Gasteiger charge is -2.34. The van der Waals surface area contributed by atoms with Gasteiger partial charge in [-0.25, -0.2) is 0 Å². The molecule has 5 heteroatoms. The molecule has 1 aliphatic carbocycles. The molecule has 1 fully saturated rings. The summed E-state index contributed by atoms with van der Waals surface area (Å²) in [6.07, 6.45) is 4.40. The number of halogens is 2. The molecule has 2 aromatic carbocycles. The first-order chi connectivity index (χ1) is 13.3. The van der Waals surface area contributed by atoms with E-state index in [1.165, 1.54) is 0 Å². The van der Waals surface area contributed by atoms with Gasteiger partial charge in [-0.3, -0.25) is 0 Å². The molecule has 0 radical (unpaired) electrons. The third kappa shape index (κ3) is 4.72. The quantitative estimate of drug-likeness (QED) is 0.686. The summed E-state index contributed by atoms with van der Waals surface area (Å²) in [6.45, 7) is 0.821. The highest BCUT2D eigenvalue weighted by Gasteiger charge is 2.45. The summed E-state index contributed by atoms with van der Waals surface area (Å²) >= 11 is 12.5. The van der Waals surface area contributed by atoms with Crippen LogP contribution in [0.4, 0.5) is 0 Å². The summed E-state index contributed by atoms with van der Waals surface area (Å²) in [7, 11) is 5.74. The van der Waals surface area contributed by atoms with E-state index >= 15 is 0 Å². The third-order valence-corrected chi connectivity index (χ3v) is 6.10. The Kier molecular flexibility index (Phi) is 6.72. The number of ether oxygens (including phenoxy) is 1. The van der Waals surface area contributed by atoms with E-state index in [4.69, 9.17) is 27.9 Å². The molecule has 0 spiro atoms. The van der Waals surface area contributed by atoms with Crippen molar-refractivity contribution in [1.29, 1.82) is 0 Å². The molecule has 3 nitrogen and oxygen atoms in total. The predicted molar refractivity (Wildman–Crippen MR) is 117 cm³/mol. The molecule has 0 saturated heterocycles. The van der Waals surface area contributed by atoms with Gasteiger partial charge in [0.15, 0.2) is 0 Å². The van der Waals surface area contributed by atoms with Crippen molar-refractivity contribution in [2.75, 3.05) is 27.7 Å². The Morgan fingerprint density at radius 3 is 2.50 bits per heavy atom. The molecule has 3 rings (SSSR count). The molecule has 0 aromatic heterocycles. The Hall–Kier alpha value is -1.52. The Bertz CT molecular complexity index is 848. The van der Waals surface area contributed by atoms with Crippen LogP contribution in [0.1, 0.15) is 24.0 Å². The first kappa shape index (κ1) is 21.2. The summed E-state index contributed by atoms with van der Waals surface area (Å²) in [5, 5.41) is 13.1. The van der Waals surface area contributed by atoms with Crippen molar-refractivity contribution in [2.45, 2.75) is 24.9 Å². The van der Waals surface area contributed by atoms with Crippen LogP contribution in [0.5, 0.6) is 5.75 Å². The van der Waals surface area contributed by atoms with Crippen LogP contribution in [0.2, 0.25) is 10.0 Å². The SMILES string of the molecule is COc1ccc(C=C2CCC(CN(C)C)C2(O)Cc2ccc(Cl)cc2Cl)cc1. The largest absolute Gasteiger partial charge is 0.497 e. The maximum absolute atomic E-state index is 11.9. The Morgan fingerprint density at radius 1 is 1.18 bits per heavy atom. The lowest BCUT2D eigenvalue weighted by atomic mass is 9.81. The molecule has 1 N–H and O–H groups in total. The van der Waals surface area contributed by atoms with Crippen LogP contribution in [0.15, 0.2) is 48.0 Å². The molecule has 1 saturated carbocycles. The monoisotopic (exact) mass is 419 g/mol. The van der Waals surface area contributed by atoms with E-state index in [2.05, 4.69) is 11.0 Å². The molecule has 150 valence electrons. The second-order valence-electron chi connectivity index (χ2n) is 7.78. The molecular formula is C23H27Cl2NO2. The van der Waals surface area contributed by atoms with Gasteiger partial charge in [0, 0.05) is 28.9 Å². The van der Waals surface area contributed by atoms with Crippen molar-refractivity contribution in [2.24, 2.45) is 5.92 Å². The second-order valence-corrected chi connectivity index (χ2v) is 8.62. The molecule has 0 aliphatic heterocycles. The number of benzene rings is 2. The Labute approximate surface area is 177 Å². The smallest absolute Gasteiger partial charge is 0.118 e. The van der Waals surface area contributed by atoms with Crippen LogP contribution >= 0.6 is 23.2 Å². The van der Waals surface area contributed by atoms with Crippen molar-refractivity contribution in [3.05, 3.63) is 69.2 Å². The highest BCUT2D eigenvalue weighted by molar-refractivity contribution is 6.35.